The van der Waals surface area contributed by atoms with Gasteiger partial charge in [-0.15, -0.1) is 0 Å². The van der Waals surface area contributed by atoms with E-state index in [-0.39, 0.29) is 5.56 Å². The SMILES string of the molecule is Cc1ccccc1-n1ncc2c(=O)[nH]c(SCc3cccc(Cl)c3)nc21. The third-order valence-corrected chi connectivity index (χ3v) is 5.20. The standard InChI is InChI=1S/C19H15ClN4OS/c1-12-5-2-3-8-16(12)24-17-15(10-21-24)18(25)23-19(22-17)26-11-13-6-4-7-14(20)9-13/h2-10H,11H2,1H3,(H,22,23,25). The lowest BCUT2D eigenvalue weighted by Crippen LogP contribution is -2.10. The largest absolute Gasteiger partial charge is 0.301 e. The number of rotatable bonds is 4. The minimum Gasteiger partial charge on any atom is -0.301 e. The molecule has 0 amide bonds. The maximum atomic E-state index is 12.4. The van der Waals surface area contributed by atoms with Gasteiger partial charge in [-0.2, -0.15) is 5.10 Å². The van der Waals surface area contributed by atoms with Gasteiger partial charge < -0.3 is 4.98 Å². The second-order valence-electron chi connectivity index (χ2n) is 5.87. The summed E-state index contributed by atoms with van der Waals surface area (Å²) in [4.78, 5) is 19.9. The minimum atomic E-state index is -0.191. The molecule has 0 saturated heterocycles. The maximum absolute atomic E-state index is 12.4. The van der Waals surface area contributed by atoms with E-state index in [9.17, 15) is 4.79 Å². The van der Waals surface area contributed by atoms with Gasteiger partial charge in [0, 0.05) is 10.8 Å². The fourth-order valence-electron chi connectivity index (χ4n) is 2.72. The van der Waals surface area contributed by atoms with Crippen LogP contribution in [0, 0.1) is 6.92 Å². The van der Waals surface area contributed by atoms with Gasteiger partial charge in [-0.25, -0.2) is 9.67 Å². The van der Waals surface area contributed by atoms with Crippen LogP contribution < -0.4 is 5.56 Å². The topological polar surface area (TPSA) is 63.6 Å². The van der Waals surface area contributed by atoms with E-state index >= 15 is 0 Å². The summed E-state index contributed by atoms with van der Waals surface area (Å²) in [5.74, 6) is 0.660. The summed E-state index contributed by atoms with van der Waals surface area (Å²) in [7, 11) is 0. The third-order valence-electron chi connectivity index (χ3n) is 4.02. The van der Waals surface area contributed by atoms with Gasteiger partial charge in [-0.05, 0) is 36.2 Å². The minimum absolute atomic E-state index is 0.191. The van der Waals surface area contributed by atoms with Crippen molar-refractivity contribution in [3.63, 3.8) is 0 Å². The molecule has 2 heterocycles. The predicted octanol–water partition coefficient (Wildman–Crippen LogP) is 4.36. The number of aromatic amines is 1. The van der Waals surface area contributed by atoms with Crippen LogP contribution in [0.15, 0.2) is 64.7 Å². The molecule has 4 aromatic rings. The molecule has 4 rings (SSSR count). The highest BCUT2D eigenvalue weighted by Gasteiger charge is 2.13. The van der Waals surface area contributed by atoms with Gasteiger partial charge in [0.1, 0.15) is 5.39 Å². The highest BCUT2D eigenvalue weighted by molar-refractivity contribution is 7.98. The number of thioether (sulfide) groups is 1. The number of H-pyrrole nitrogens is 1. The Balaban J connectivity index is 1.72. The van der Waals surface area contributed by atoms with Crippen LogP contribution in [0.3, 0.4) is 0 Å². The number of nitrogens with one attached hydrogen (secondary N) is 1. The molecule has 0 atom stereocenters. The molecule has 0 bridgehead atoms. The van der Waals surface area contributed by atoms with Crippen molar-refractivity contribution in [3.8, 4) is 5.69 Å². The van der Waals surface area contributed by atoms with Gasteiger partial charge in [-0.1, -0.05) is 53.7 Å². The van der Waals surface area contributed by atoms with E-state index in [1.54, 1.807) is 10.9 Å². The fourth-order valence-corrected chi connectivity index (χ4v) is 3.73. The summed E-state index contributed by atoms with van der Waals surface area (Å²) in [5.41, 5.74) is 3.40. The molecule has 130 valence electrons. The first kappa shape index (κ1) is 16.9. The van der Waals surface area contributed by atoms with Crippen LogP contribution >= 0.6 is 23.4 Å². The molecule has 1 N–H and O–H groups in total. The van der Waals surface area contributed by atoms with Crippen LogP contribution in [-0.4, -0.2) is 19.7 Å². The first-order valence-corrected chi connectivity index (χ1v) is 9.39. The van der Waals surface area contributed by atoms with Crippen molar-refractivity contribution >= 4 is 34.4 Å². The number of nitrogens with zero attached hydrogens (tertiary/aromatic N) is 3. The number of aryl methyl sites for hydroxylation is 1. The highest BCUT2D eigenvalue weighted by Crippen LogP contribution is 2.23. The molecule has 2 aromatic carbocycles. The smallest absolute Gasteiger partial charge is 0.262 e. The van der Waals surface area contributed by atoms with Gasteiger partial charge >= 0.3 is 0 Å². The van der Waals surface area contributed by atoms with Gasteiger partial charge in [-0.3, -0.25) is 4.79 Å². The van der Waals surface area contributed by atoms with Crippen LogP contribution in [0.4, 0.5) is 0 Å². The van der Waals surface area contributed by atoms with Crippen molar-refractivity contribution in [2.75, 3.05) is 0 Å². The molecule has 7 heteroatoms. The summed E-state index contributed by atoms with van der Waals surface area (Å²) >= 11 is 7.48. The van der Waals surface area contributed by atoms with Crippen LogP contribution in [0.25, 0.3) is 16.7 Å². The normalized spacial score (nSPS) is 11.2. The number of benzene rings is 2. The molecule has 0 aliphatic rings. The van der Waals surface area contributed by atoms with Crippen molar-refractivity contribution in [2.45, 2.75) is 17.8 Å². The van der Waals surface area contributed by atoms with Gasteiger partial charge in [0.2, 0.25) is 0 Å². The Morgan fingerprint density at radius 1 is 1.19 bits per heavy atom. The number of hydrogen-bond donors (Lipinski definition) is 1. The van der Waals surface area contributed by atoms with Crippen LogP contribution in [0.2, 0.25) is 5.02 Å². The highest BCUT2D eigenvalue weighted by atomic mass is 35.5. The second kappa shape index (κ2) is 6.97. The lowest BCUT2D eigenvalue weighted by Gasteiger charge is -2.07. The average Bonchev–Trinajstić information content (AvgIpc) is 3.05. The van der Waals surface area contributed by atoms with E-state index in [0.717, 1.165) is 16.8 Å². The number of aromatic nitrogens is 4. The van der Waals surface area contributed by atoms with E-state index < -0.39 is 0 Å². The first-order chi connectivity index (χ1) is 12.6. The zero-order valence-corrected chi connectivity index (χ0v) is 15.5. The first-order valence-electron chi connectivity index (χ1n) is 8.03. The Morgan fingerprint density at radius 2 is 2.04 bits per heavy atom. The summed E-state index contributed by atoms with van der Waals surface area (Å²) in [6, 6.07) is 15.5. The number of halogens is 1. The Kier molecular flexibility index (Phi) is 4.53. The molecule has 5 nitrogen and oxygen atoms in total. The zero-order chi connectivity index (χ0) is 18.1. The van der Waals surface area contributed by atoms with E-state index in [0.29, 0.717) is 27.0 Å². The predicted molar refractivity (Wildman–Crippen MR) is 105 cm³/mol. The van der Waals surface area contributed by atoms with Gasteiger partial charge in [0.05, 0.1) is 11.9 Å². The quantitative estimate of drug-likeness (QED) is 0.420. The molecule has 0 aliphatic heterocycles. The Hall–Kier alpha value is -2.57. The lowest BCUT2D eigenvalue weighted by molar-refractivity contribution is 0.867. The van der Waals surface area contributed by atoms with Crippen LogP contribution in [-0.2, 0) is 5.75 Å². The molecule has 0 unspecified atom stereocenters. The second-order valence-corrected chi connectivity index (χ2v) is 7.27. The molecule has 2 aromatic heterocycles. The van der Waals surface area contributed by atoms with Crippen molar-refractivity contribution in [3.05, 3.63) is 81.2 Å². The Bertz CT molecular complexity index is 1150. The van der Waals surface area contributed by atoms with Gasteiger partial charge in [0.25, 0.3) is 5.56 Å². The molecule has 0 aliphatic carbocycles. The van der Waals surface area contributed by atoms with Crippen molar-refractivity contribution in [1.29, 1.82) is 0 Å². The van der Waals surface area contributed by atoms with Crippen molar-refractivity contribution in [1.82, 2.24) is 19.7 Å². The van der Waals surface area contributed by atoms with E-state index in [1.807, 2.05) is 55.5 Å². The average molecular weight is 383 g/mol. The molecule has 0 spiro atoms. The molecular formula is C19H15ClN4OS. The number of para-hydroxylation sites is 1. The monoisotopic (exact) mass is 382 g/mol. The molecule has 0 radical (unpaired) electrons. The fraction of sp³-hybridized carbons (Fsp3) is 0.105. The summed E-state index contributed by atoms with van der Waals surface area (Å²) in [6.45, 7) is 2.00. The molecule has 26 heavy (non-hydrogen) atoms. The van der Waals surface area contributed by atoms with Crippen molar-refractivity contribution in [2.24, 2.45) is 0 Å². The lowest BCUT2D eigenvalue weighted by atomic mass is 10.2. The summed E-state index contributed by atoms with van der Waals surface area (Å²) in [6.07, 6.45) is 1.55. The number of hydrogen-bond acceptors (Lipinski definition) is 4. The van der Waals surface area contributed by atoms with E-state index in [4.69, 9.17) is 11.6 Å². The molecule has 0 fully saturated rings. The van der Waals surface area contributed by atoms with E-state index in [1.165, 1.54) is 11.8 Å². The Morgan fingerprint density at radius 3 is 2.85 bits per heavy atom. The maximum Gasteiger partial charge on any atom is 0.262 e. The third kappa shape index (κ3) is 3.25. The Labute approximate surface area is 159 Å². The van der Waals surface area contributed by atoms with E-state index in [2.05, 4.69) is 15.1 Å². The van der Waals surface area contributed by atoms with Crippen LogP contribution in [0.1, 0.15) is 11.1 Å². The zero-order valence-electron chi connectivity index (χ0n) is 13.9. The number of fused-ring (bicyclic) bond motifs is 1. The molecular weight excluding hydrogens is 368 g/mol. The summed E-state index contributed by atoms with van der Waals surface area (Å²) < 4.78 is 1.71. The van der Waals surface area contributed by atoms with Crippen molar-refractivity contribution < 1.29 is 0 Å². The summed E-state index contributed by atoms with van der Waals surface area (Å²) in [5, 5.41) is 6.08. The molecule has 0 saturated carbocycles. The van der Waals surface area contributed by atoms with Crippen LogP contribution in [0.5, 0.6) is 0 Å². The van der Waals surface area contributed by atoms with Gasteiger partial charge in [0.15, 0.2) is 10.8 Å².